The Hall–Kier alpha value is -2.84. The molecule has 2 aromatic carbocycles. The van der Waals surface area contributed by atoms with Crippen LogP contribution in [0.1, 0.15) is 17.5 Å². The number of hydrogen-bond acceptors (Lipinski definition) is 4. The van der Waals surface area contributed by atoms with Crippen LogP contribution in [0.4, 0.5) is 5.69 Å². The molecule has 1 amide bonds. The van der Waals surface area contributed by atoms with E-state index in [-0.39, 0.29) is 5.91 Å². The fourth-order valence-electron chi connectivity index (χ4n) is 2.28. The average Bonchev–Trinajstić information content (AvgIpc) is 2.61. The van der Waals surface area contributed by atoms with Gasteiger partial charge in [0.25, 0.3) is 0 Å². The van der Waals surface area contributed by atoms with Crippen molar-refractivity contribution in [1.82, 2.24) is 5.32 Å². The highest BCUT2D eigenvalue weighted by atomic mass is 16.5. The number of ether oxygens (including phenoxy) is 1. The maximum atomic E-state index is 11.9. The third-order valence-electron chi connectivity index (χ3n) is 3.53. The Morgan fingerprint density at radius 1 is 1.17 bits per heavy atom. The van der Waals surface area contributed by atoms with Gasteiger partial charge in [0.2, 0.25) is 5.91 Å². The Morgan fingerprint density at radius 2 is 2.00 bits per heavy atom. The summed E-state index contributed by atoms with van der Waals surface area (Å²) in [6.07, 6.45) is 1.26. The lowest BCUT2D eigenvalue weighted by molar-refractivity contribution is -0.116. The second kappa shape index (κ2) is 9.33. The minimum Gasteiger partial charge on any atom is -0.497 e. The van der Waals surface area contributed by atoms with Gasteiger partial charge in [-0.15, -0.1) is 0 Å². The van der Waals surface area contributed by atoms with E-state index in [4.69, 9.17) is 10.00 Å². The Bertz CT molecular complexity index is 723. The Labute approximate surface area is 142 Å². The minimum atomic E-state index is -0.0704. The van der Waals surface area contributed by atoms with E-state index in [9.17, 15) is 4.79 Å². The minimum absolute atomic E-state index is 0.0704. The van der Waals surface area contributed by atoms with Crippen molar-refractivity contribution < 1.29 is 9.53 Å². The van der Waals surface area contributed by atoms with Crippen molar-refractivity contribution in [3.63, 3.8) is 0 Å². The van der Waals surface area contributed by atoms with E-state index in [0.717, 1.165) is 18.7 Å². The van der Waals surface area contributed by atoms with E-state index in [0.29, 0.717) is 24.2 Å². The summed E-state index contributed by atoms with van der Waals surface area (Å²) in [6.45, 7) is 1.40. The zero-order chi connectivity index (χ0) is 17.2. The standard InChI is InChI=1S/C19H21N3O2/c1-24-18-7-3-4-15(13-18)8-10-21-11-9-19(23)22-17-6-2-5-16(12-17)14-20/h2-7,12-13,21H,8-11H2,1H3,(H,22,23). The lowest BCUT2D eigenvalue weighted by atomic mass is 10.1. The number of nitriles is 1. The maximum Gasteiger partial charge on any atom is 0.225 e. The smallest absolute Gasteiger partial charge is 0.225 e. The van der Waals surface area contributed by atoms with Crippen LogP contribution < -0.4 is 15.4 Å². The fraction of sp³-hybridized carbons (Fsp3) is 0.263. The van der Waals surface area contributed by atoms with Crippen LogP contribution >= 0.6 is 0 Å². The molecule has 0 spiro atoms. The Balaban J connectivity index is 1.66. The molecule has 2 N–H and O–H groups in total. The van der Waals surface area contributed by atoms with Gasteiger partial charge in [0.05, 0.1) is 18.7 Å². The molecule has 5 heteroatoms. The monoisotopic (exact) mass is 323 g/mol. The van der Waals surface area contributed by atoms with Crippen LogP contribution in [0.3, 0.4) is 0 Å². The number of methoxy groups -OCH3 is 1. The van der Waals surface area contributed by atoms with Crippen molar-refractivity contribution in [3.05, 3.63) is 59.7 Å². The third kappa shape index (κ3) is 5.75. The van der Waals surface area contributed by atoms with Gasteiger partial charge in [-0.1, -0.05) is 18.2 Å². The van der Waals surface area contributed by atoms with E-state index in [1.54, 1.807) is 31.4 Å². The summed E-state index contributed by atoms with van der Waals surface area (Å²) < 4.78 is 5.19. The number of amides is 1. The number of benzene rings is 2. The fourth-order valence-corrected chi connectivity index (χ4v) is 2.28. The quantitative estimate of drug-likeness (QED) is 0.733. The van der Waals surface area contributed by atoms with Gasteiger partial charge in [-0.25, -0.2) is 0 Å². The summed E-state index contributed by atoms with van der Waals surface area (Å²) in [4.78, 5) is 11.9. The first-order chi connectivity index (χ1) is 11.7. The lowest BCUT2D eigenvalue weighted by Gasteiger charge is -2.07. The predicted octanol–water partition coefficient (Wildman–Crippen LogP) is 2.73. The van der Waals surface area contributed by atoms with Crippen LogP contribution in [-0.2, 0) is 11.2 Å². The molecule has 0 radical (unpaired) electrons. The maximum absolute atomic E-state index is 11.9. The Kier molecular flexibility index (Phi) is 6.81. The molecule has 0 aliphatic carbocycles. The van der Waals surface area contributed by atoms with Gasteiger partial charge in [0, 0.05) is 18.7 Å². The second-order valence-electron chi connectivity index (χ2n) is 5.34. The van der Waals surface area contributed by atoms with Gasteiger partial charge in [-0.3, -0.25) is 4.79 Å². The summed E-state index contributed by atoms with van der Waals surface area (Å²) in [6, 6.07) is 16.9. The molecular weight excluding hydrogens is 302 g/mol. The van der Waals surface area contributed by atoms with E-state index >= 15 is 0 Å². The summed E-state index contributed by atoms with van der Waals surface area (Å²) in [5.74, 6) is 0.783. The highest BCUT2D eigenvalue weighted by Crippen LogP contribution is 2.12. The molecule has 2 aromatic rings. The molecule has 5 nitrogen and oxygen atoms in total. The van der Waals surface area contributed by atoms with Crippen LogP contribution in [-0.4, -0.2) is 26.1 Å². The van der Waals surface area contributed by atoms with E-state index in [1.165, 1.54) is 5.56 Å². The summed E-state index contributed by atoms with van der Waals surface area (Å²) >= 11 is 0. The molecule has 124 valence electrons. The molecule has 2 rings (SSSR count). The van der Waals surface area contributed by atoms with Crippen molar-refractivity contribution in [2.75, 3.05) is 25.5 Å². The normalized spacial score (nSPS) is 10.0. The molecule has 0 saturated heterocycles. The van der Waals surface area contributed by atoms with Gasteiger partial charge in [0.15, 0.2) is 0 Å². The third-order valence-corrected chi connectivity index (χ3v) is 3.53. The number of carbonyl (C=O) groups is 1. The number of nitrogens with one attached hydrogen (secondary N) is 2. The van der Waals surface area contributed by atoms with Crippen molar-refractivity contribution in [3.8, 4) is 11.8 Å². The molecule has 0 saturated carbocycles. The second-order valence-corrected chi connectivity index (χ2v) is 5.34. The van der Waals surface area contributed by atoms with Crippen LogP contribution in [0.15, 0.2) is 48.5 Å². The molecule has 0 atom stereocenters. The number of rotatable bonds is 8. The van der Waals surface area contributed by atoms with Gasteiger partial charge in [-0.05, 0) is 48.9 Å². The molecule has 0 heterocycles. The van der Waals surface area contributed by atoms with Crippen LogP contribution in [0.5, 0.6) is 5.75 Å². The van der Waals surface area contributed by atoms with Gasteiger partial charge in [-0.2, -0.15) is 5.26 Å². The zero-order valence-corrected chi connectivity index (χ0v) is 13.7. The lowest BCUT2D eigenvalue weighted by Crippen LogP contribution is -2.23. The van der Waals surface area contributed by atoms with Crippen LogP contribution in [0, 0.1) is 11.3 Å². The summed E-state index contributed by atoms with van der Waals surface area (Å²) in [5.41, 5.74) is 2.37. The van der Waals surface area contributed by atoms with E-state index in [2.05, 4.69) is 22.8 Å². The van der Waals surface area contributed by atoms with Gasteiger partial charge in [0.1, 0.15) is 5.75 Å². The number of carbonyl (C=O) groups excluding carboxylic acids is 1. The highest BCUT2D eigenvalue weighted by molar-refractivity contribution is 5.90. The van der Waals surface area contributed by atoms with Gasteiger partial charge < -0.3 is 15.4 Å². The van der Waals surface area contributed by atoms with Crippen LogP contribution in [0.25, 0.3) is 0 Å². The Morgan fingerprint density at radius 3 is 2.79 bits per heavy atom. The SMILES string of the molecule is COc1cccc(CCNCCC(=O)Nc2cccc(C#N)c2)c1. The summed E-state index contributed by atoms with van der Waals surface area (Å²) in [7, 11) is 1.66. The molecule has 0 unspecified atom stereocenters. The molecule has 0 bridgehead atoms. The highest BCUT2D eigenvalue weighted by Gasteiger charge is 2.03. The molecular formula is C19H21N3O2. The zero-order valence-electron chi connectivity index (χ0n) is 13.7. The number of anilines is 1. The molecule has 0 aromatic heterocycles. The first-order valence-electron chi connectivity index (χ1n) is 7.85. The summed E-state index contributed by atoms with van der Waals surface area (Å²) in [5, 5.41) is 14.9. The first kappa shape index (κ1) is 17.5. The number of hydrogen-bond donors (Lipinski definition) is 2. The predicted molar refractivity (Wildman–Crippen MR) is 94.0 cm³/mol. The first-order valence-corrected chi connectivity index (χ1v) is 7.85. The topological polar surface area (TPSA) is 74.2 Å². The van der Waals surface area contributed by atoms with Crippen molar-refractivity contribution in [1.29, 1.82) is 5.26 Å². The van der Waals surface area contributed by atoms with Crippen LogP contribution in [0.2, 0.25) is 0 Å². The van der Waals surface area contributed by atoms with Crippen molar-refractivity contribution >= 4 is 11.6 Å². The molecule has 0 aliphatic rings. The molecule has 0 aliphatic heterocycles. The molecule has 0 fully saturated rings. The van der Waals surface area contributed by atoms with Crippen molar-refractivity contribution in [2.24, 2.45) is 0 Å². The van der Waals surface area contributed by atoms with E-state index < -0.39 is 0 Å². The van der Waals surface area contributed by atoms with E-state index in [1.807, 2.05) is 18.2 Å². The number of nitrogens with zero attached hydrogens (tertiary/aromatic N) is 1. The largest absolute Gasteiger partial charge is 0.497 e. The van der Waals surface area contributed by atoms with Gasteiger partial charge >= 0.3 is 0 Å². The van der Waals surface area contributed by atoms with Crippen molar-refractivity contribution in [2.45, 2.75) is 12.8 Å². The average molecular weight is 323 g/mol. The molecule has 24 heavy (non-hydrogen) atoms.